The van der Waals surface area contributed by atoms with Gasteiger partial charge in [-0.2, -0.15) is 4.73 Å². The SMILES string of the molecule is O=C(Nc1ccc(N2CCOCC2)cc1N1CCOCC1)c1ccc[n+]([O-])c1. The average Bonchev–Trinajstić information content (AvgIpc) is 2.75. The van der Waals surface area contributed by atoms with Crippen LogP contribution in [0.2, 0.25) is 0 Å². The first-order chi connectivity index (χ1) is 13.7. The number of aromatic nitrogens is 1. The van der Waals surface area contributed by atoms with E-state index in [0.29, 0.717) is 36.7 Å². The molecule has 0 spiro atoms. The molecule has 1 aromatic heterocycles. The van der Waals surface area contributed by atoms with Crippen molar-refractivity contribution in [2.45, 2.75) is 0 Å². The average molecular weight is 384 g/mol. The quantitative estimate of drug-likeness (QED) is 0.631. The Bertz CT molecular complexity index is 833. The fourth-order valence-electron chi connectivity index (χ4n) is 3.49. The predicted octanol–water partition coefficient (Wildman–Crippen LogP) is 1.25. The van der Waals surface area contributed by atoms with Crippen molar-refractivity contribution in [3.8, 4) is 0 Å². The van der Waals surface area contributed by atoms with Crippen LogP contribution in [0.15, 0.2) is 42.7 Å². The molecule has 0 atom stereocenters. The van der Waals surface area contributed by atoms with Gasteiger partial charge < -0.3 is 29.8 Å². The lowest BCUT2D eigenvalue weighted by Gasteiger charge is -2.33. The molecule has 1 N–H and O–H groups in total. The Balaban J connectivity index is 1.62. The van der Waals surface area contributed by atoms with Gasteiger partial charge in [0.05, 0.1) is 37.8 Å². The minimum Gasteiger partial charge on any atom is -0.619 e. The molecule has 8 nitrogen and oxygen atoms in total. The zero-order valence-electron chi connectivity index (χ0n) is 15.7. The summed E-state index contributed by atoms with van der Waals surface area (Å²) >= 11 is 0. The Morgan fingerprint density at radius 3 is 2.36 bits per heavy atom. The van der Waals surface area contributed by atoms with E-state index in [9.17, 15) is 10.0 Å². The lowest BCUT2D eigenvalue weighted by Crippen LogP contribution is -2.38. The first kappa shape index (κ1) is 18.5. The molecule has 2 aliphatic heterocycles. The maximum Gasteiger partial charge on any atom is 0.261 e. The molecule has 148 valence electrons. The molecule has 8 heteroatoms. The second kappa shape index (κ2) is 8.45. The van der Waals surface area contributed by atoms with Crippen molar-refractivity contribution in [2.75, 3.05) is 67.7 Å². The van der Waals surface area contributed by atoms with Crippen molar-refractivity contribution >= 4 is 23.0 Å². The van der Waals surface area contributed by atoms with Crippen molar-refractivity contribution in [1.82, 2.24) is 0 Å². The first-order valence-corrected chi connectivity index (χ1v) is 9.50. The Morgan fingerprint density at radius 1 is 1.00 bits per heavy atom. The predicted molar refractivity (Wildman–Crippen MR) is 106 cm³/mol. The van der Waals surface area contributed by atoms with Crippen LogP contribution in [-0.2, 0) is 9.47 Å². The van der Waals surface area contributed by atoms with Gasteiger partial charge in [0, 0.05) is 37.9 Å². The van der Waals surface area contributed by atoms with E-state index in [1.54, 1.807) is 12.1 Å². The summed E-state index contributed by atoms with van der Waals surface area (Å²) in [6.07, 6.45) is 2.62. The fraction of sp³-hybridized carbons (Fsp3) is 0.400. The van der Waals surface area contributed by atoms with Gasteiger partial charge in [-0.25, -0.2) is 0 Å². The summed E-state index contributed by atoms with van der Waals surface area (Å²) in [5.74, 6) is -0.307. The van der Waals surface area contributed by atoms with Crippen molar-refractivity contribution in [3.05, 3.63) is 53.5 Å². The van der Waals surface area contributed by atoms with Crippen LogP contribution in [0.5, 0.6) is 0 Å². The third-order valence-electron chi connectivity index (χ3n) is 4.99. The summed E-state index contributed by atoms with van der Waals surface area (Å²) in [7, 11) is 0. The van der Waals surface area contributed by atoms with E-state index < -0.39 is 0 Å². The lowest BCUT2D eigenvalue weighted by atomic mass is 10.1. The number of morpholine rings is 2. The Hall–Kier alpha value is -2.84. The second-order valence-electron chi connectivity index (χ2n) is 6.81. The van der Waals surface area contributed by atoms with Gasteiger partial charge in [0.15, 0.2) is 12.4 Å². The molecule has 4 rings (SSSR count). The van der Waals surface area contributed by atoms with E-state index in [2.05, 4.69) is 21.2 Å². The van der Waals surface area contributed by atoms with E-state index in [-0.39, 0.29) is 5.91 Å². The lowest BCUT2D eigenvalue weighted by molar-refractivity contribution is -0.605. The number of nitrogens with one attached hydrogen (secondary N) is 1. The molecule has 2 fully saturated rings. The van der Waals surface area contributed by atoms with E-state index in [0.717, 1.165) is 43.2 Å². The number of nitrogens with zero attached hydrogens (tertiary/aromatic N) is 3. The third kappa shape index (κ3) is 4.18. The van der Waals surface area contributed by atoms with Crippen molar-refractivity contribution in [3.63, 3.8) is 0 Å². The largest absolute Gasteiger partial charge is 0.619 e. The zero-order valence-corrected chi connectivity index (χ0v) is 15.7. The highest BCUT2D eigenvalue weighted by atomic mass is 16.5. The number of ether oxygens (including phenoxy) is 2. The number of pyridine rings is 1. The number of carbonyl (C=O) groups excluding carboxylic acids is 1. The van der Waals surface area contributed by atoms with Gasteiger partial charge in [-0.3, -0.25) is 4.79 Å². The number of amides is 1. The highest BCUT2D eigenvalue weighted by Crippen LogP contribution is 2.32. The summed E-state index contributed by atoms with van der Waals surface area (Å²) in [6.45, 7) is 5.98. The van der Waals surface area contributed by atoms with Crippen LogP contribution >= 0.6 is 0 Å². The second-order valence-corrected chi connectivity index (χ2v) is 6.81. The first-order valence-electron chi connectivity index (χ1n) is 9.50. The van der Waals surface area contributed by atoms with E-state index in [4.69, 9.17) is 9.47 Å². The number of hydrogen-bond acceptors (Lipinski definition) is 6. The maximum atomic E-state index is 12.7. The maximum absolute atomic E-state index is 12.7. The molecule has 0 bridgehead atoms. The molecule has 0 radical (unpaired) electrons. The molecule has 2 saturated heterocycles. The number of hydrogen-bond donors (Lipinski definition) is 1. The topological polar surface area (TPSA) is 81.0 Å². The van der Waals surface area contributed by atoms with Crippen molar-refractivity contribution in [1.29, 1.82) is 0 Å². The molecular weight excluding hydrogens is 360 g/mol. The van der Waals surface area contributed by atoms with Gasteiger partial charge in [-0.05, 0) is 24.3 Å². The Labute approximate surface area is 163 Å². The summed E-state index contributed by atoms with van der Waals surface area (Å²) in [5.41, 5.74) is 3.12. The minimum atomic E-state index is -0.307. The summed E-state index contributed by atoms with van der Waals surface area (Å²) in [5, 5.41) is 14.4. The van der Waals surface area contributed by atoms with Crippen LogP contribution in [0.3, 0.4) is 0 Å². The normalized spacial score (nSPS) is 17.4. The molecule has 3 heterocycles. The number of anilines is 3. The molecule has 1 amide bonds. The summed E-state index contributed by atoms with van der Waals surface area (Å²) in [6, 6.07) is 9.25. The highest BCUT2D eigenvalue weighted by Gasteiger charge is 2.20. The summed E-state index contributed by atoms with van der Waals surface area (Å²) in [4.78, 5) is 17.2. The number of rotatable bonds is 4. The van der Waals surface area contributed by atoms with E-state index >= 15 is 0 Å². The molecule has 28 heavy (non-hydrogen) atoms. The van der Waals surface area contributed by atoms with E-state index in [1.165, 1.54) is 12.4 Å². The Kier molecular flexibility index (Phi) is 5.59. The van der Waals surface area contributed by atoms with Gasteiger partial charge >= 0.3 is 0 Å². The monoisotopic (exact) mass is 384 g/mol. The Morgan fingerprint density at radius 2 is 1.68 bits per heavy atom. The van der Waals surface area contributed by atoms with Crippen LogP contribution in [-0.4, -0.2) is 58.5 Å². The van der Waals surface area contributed by atoms with E-state index in [1.807, 2.05) is 12.1 Å². The molecular formula is C20H24N4O4. The number of carbonyl (C=O) groups is 1. The van der Waals surface area contributed by atoms with Gasteiger partial charge in [0.1, 0.15) is 5.56 Å². The van der Waals surface area contributed by atoms with Crippen LogP contribution in [0.25, 0.3) is 0 Å². The van der Waals surface area contributed by atoms with Gasteiger partial charge in [0.25, 0.3) is 5.91 Å². The van der Waals surface area contributed by atoms with Crippen LogP contribution in [0.1, 0.15) is 10.4 Å². The number of benzene rings is 1. The molecule has 0 unspecified atom stereocenters. The molecule has 0 saturated carbocycles. The molecule has 2 aromatic rings. The third-order valence-corrected chi connectivity index (χ3v) is 4.99. The molecule has 1 aromatic carbocycles. The van der Waals surface area contributed by atoms with Crippen LogP contribution < -0.4 is 19.8 Å². The van der Waals surface area contributed by atoms with Gasteiger partial charge in [-0.1, -0.05) is 0 Å². The smallest absolute Gasteiger partial charge is 0.261 e. The van der Waals surface area contributed by atoms with Gasteiger partial charge in [-0.15, -0.1) is 0 Å². The molecule has 0 aliphatic carbocycles. The van der Waals surface area contributed by atoms with Crippen LogP contribution in [0.4, 0.5) is 17.1 Å². The molecule has 2 aliphatic rings. The summed E-state index contributed by atoms with van der Waals surface area (Å²) < 4.78 is 11.6. The van der Waals surface area contributed by atoms with Crippen molar-refractivity contribution < 1.29 is 19.0 Å². The van der Waals surface area contributed by atoms with Crippen molar-refractivity contribution in [2.24, 2.45) is 0 Å². The minimum absolute atomic E-state index is 0.307. The van der Waals surface area contributed by atoms with Crippen LogP contribution in [0, 0.1) is 5.21 Å². The fourth-order valence-corrected chi connectivity index (χ4v) is 3.49. The van der Waals surface area contributed by atoms with Gasteiger partial charge in [0.2, 0.25) is 0 Å². The zero-order chi connectivity index (χ0) is 19.3. The standard InChI is InChI=1S/C20H24N4O4/c25-20(16-2-1-5-24(26)15-16)21-18-4-3-17(22-6-10-27-11-7-22)14-19(18)23-8-12-28-13-9-23/h1-5,14-15H,6-13H2,(H,21,25). The highest BCUT2D eigenvalue weighted by molar-refractivity contribution is 6.05.